The van der Waals surface area contributed by atoms with Crippen molar-refractivity contribution in [3.8, 4) is 0 Å². The second-order valence-electron chi connectivity index (χ2n) is 4.76. The molecule has 18 heavy (non-hydrogen) atoms. The Hall–Kier alpha value is -0.650. The van der Waals surface area contributed by atoms with Crippen LogP contribution in [0.2, 0.25) is 0 Å². The van der Waals surface area contributed by atoms with Crippen molar-refractivity contribution in [2.24, 2.45) is 0 Å². The molecule has 2 unspecified atom stereocenters. The molecule has 1 aliphatic rings. The molecular formula is C13H25NO4. The van der Waals surface area contributed by atoms with Crippen molar-refractivity contribution in [1.82, 2.24) is 5.32 Å². The zero-order valence-electron chi connectivity index (χ0n) is 11.7. The molecule has 0 saturated carbocycles. The highest BCUT2D eigenvalue weighted by Gasteiger charge is 2.32. The van der Waals surface area contributed by atoms with Crippen LogP contribution in [0.15, 0.2) is 0 Å². The van der Waals surface area contributed by atoms with E-state index in [4.69, 9.17) is 14.2 Å². The predicted molar refractivity (Wildman–Crippen MR) is 68.5 cm³/mol. The Morgan fingerprint density at radius 3 is 2.89 bits per heavy atom. The first kappa shape index (κ1) is 15.4. The standard InChI is InChI=1S/C13H25NO4/c1-4-17-12(15)13(2,14-3)7-9-16-10-11-6-5-8-18-11/h11,14H,4-10H2,1-3H3. The van der Waals surface area contributed by atoms with Crippen molar-refractivity contribution < 1.29 is 19.0 Å². The maximum atomic E-state index is 11.8. The second-order valence-corrected chi connectivity index (χ2v) is 4.76. The van der Waals surface area contributed by atoms with Crippen molar-refractivity contribution in [1.29, 1.82) is 0 Å². The highest BCUT2D eigenvalue weighted by Crippen LogP contribution is 2.14. The van der Waals surface area contributed by atoms with Gasteiger partial charge < -0.3 is 19.5 Å². The summed E-state index contributed by atoms with van der Waals surface area (Å²) in [6, 6.07) is 0. The molecule has 0 bridgehead atoms. The smallest absolute Gasteiger partial charge is 0.326 e. The fourth-order valence-electron chi connectivity index (χ4n) is 1.89. The molecule has 0 aromatic heterocycles. The Kier molecular flexibility index (Phi) is 6.60. The summed E-state index contributed by atoms with van der Waals surface area (Å²) in [5, 5.41) is 3.01. The topological polar surface area (TPSA) is 56.8 Å². The second kappa shape index (κ2) is 7.71. The molecule has 0 radical (unpaired) electrons. The Labute approximate surface area is 109 Å². The van der Waals surface area contributed by atoms with Gasteiger partial charge in [0.1, 0.15) is 5.54 Å². The van der Waals surface area contributed by atoms with Gasteiger partial charge in [0, 0.05) is 13.2 Å². The van der Waals surface area contributed by atoms with Gasteiger partial charge in [0.15, 0.2) is 0 Å². The zero-order chi connectivity index (χ0) is 13.4. The van der Waals surface area contributed by atoms with Crippen LogP contribution < -0.4 is 5.32 Å². The Morgan fingerprint density at radius 2 is 2.33 bits per heavy atom. The van der Waals surface area contributed by atoms with E-state index >= 15 is 0 Å². The van der Waals surface area contributed by atoms with E-state index in [-0.39, 0.29) is 12.1 Å². The highest BCUT2D eigenvalue weighted by molar-refractivity contribution is 5.80. The van der Waals surface area contributed by atoms with E-state index in [0.717, 1.165) is 19.4 Å². The average Bonchev–Trinajstić information content (AvgIpc) is 2.87. The van der Waals surface area contributed by atoms with Gasteiger partial charge in [-0.15, -0.1) is 0 Å². The van der Waals surface area contributed by atoms with Crippen LogP contribution in [-0.4, -0.2) is 51.1 Å². The van der Waals surface area contributed by atoms with E-state index < -0.39 is 5.54 Å². The van der Waals surface area contributed by atoms with Crippen molar-refractivity contribution in [2.45, 2.75) is 44.8 Å². The van der Waals surface area contributed by atoms with Crippen LogP contribution in [0.25, 0.3) is 0 Å². The minimum atomic E-state index is -0.674. The average molecular weight is 259 g/mol. The summed E-state index contributed by atoms with van der Waals surface area (Å²) >= 11 is 0. The summed E-state index contributed by atoms with van der Waals surface area (Å²) in [6.07, 6.45) is 3.01. The number of likely N-dealkylation sites (N-methyl/N-ethyl adjacent to an activating group) is 1. The minimum Gasteiger partial charge on any atom is -0.465 e. The zero-order valence-corrected chi connectivity index (χ0v) is 11.7. The summed E-state index contributed by atoms with van der Waals surface area (Å²) in [6.45, 7) is 6.01. The quantitative estimate of drug-likeness (QED) is 0.523. The Bertz CT molecular complexity index is 253. The number of nitrogens with one attached hydrogen (secondary N) is 1. The SMILES string of the molecule is CCOC(=O)C(C)(CCOCC1CCCO1)NC. The van der Waals surface area contributed by atoms with E-state index in [1.165, 1.54) is 0 Å². The van der Waals surface area contributed by atoms with Crippen molar-refractivity contribution >= 4 is 5.97 Å². The predicted octanol–water partition coefficient (Wildman–Crippen LogP) is 1.11. The normalized spacial score (nSPS) is 22.7. The number of esters is 1. The fourth-order valence-corrected chi connectivity index (χ4v) is 1.89. The summed E-state index contributed by atoms with van der Waals surface area (Å²) in [4.78, 5) is 11.8. The van der Waals surface area contributed by atoms with Crippen LogP contribution in [0, 0.1) is 0 Å². The van der Waals surface area contributed by atoms with Crippen molar-refractivity contribution in [3.63, 3.8) is 0 Å². The number of carbonyl (C=O) groups is 1. The summed E-state index contributed by atoms with van der Waals surface area (Å²) in [5.41, 5.74) is -0.674. The van der Waals surface area contributed by atoms with Crippen molar-refractivity contribution in [2.75, 3.05) is 33.5 Å². The molecule has 1 heterocycles. The molecule has 1 aliphatic heterocycles. The maximum absolute atomic E-state index is 11.8. The van der Waals surface area contributed by atoms with Crippen LogP contribution >= 0.6 is 0 Å². The molecule has 0 aliphatic carbocycles. The molecule has 106 valence electrons. The first-order valence-electron chi connectivity index (χ1n) is 6.68. The van der Waals surface area contributed by atoms with E-state index in [9.17, 15) is 4.79 Å². The van der Waals surface area contributed by atoms with Gasteiger partial charge in [-0.1, -0.05) is 0 Å². The summed E-state index contributed by atoms with van der Waals surface area (Å²) in [5.74, 6) is -0.229. The molecule has 0 aromatic rings. The highest BCUT2D eigenvalue weighted by atomic mass is 16.5. The lowest BCUT2D eigenvalue weighted by molar-refractivity contribution is -0.151. The molecular weight excluding hydrogens is 234 g/mol. The molecule has 5 nitrogen and oxygen atoms in total. The number of hydrogen-bond acceptors (Lipinski definition) is 5. The van der Waals surface area contributed by atoms with E-state index in [0.29, 0.717) is 26.2 Å². The molecule has 1 N–H and O–H groups in total. The maximum Gasteiger partial charge on any atom is 0.326 e. The monoisotopic (exact) mass is 259 g/mol. The number of hydrogen-bond donors (Lipinski definition) is 1. The third kappa shape index (κ3) is 4.55. The third-order valence-electron chi connectivity index (χ3n) is 3.35. The van der Waals surface area contributed by atoms with E-state index in [1.807, 2.05) is 13.8 Å². The molecule has 2 atom stereocenters. The van der Waals surface area contributed by atoms with Crippen LogP contribution in [0.3, 0.4) is 0 Å². The Morgan fingerprint density at radius 1 is 1.56 bits per heavy atom. The van der Waals surface area contributed by atoms with E-state index in [2.05, 4.69) is 5.32 Å². The van der Waals surface area contributed by atoms with Gasteiger partial charge in [0.2, 0.25) is 0 Å². The van der Waals surface area contributed by atoms with Gasteiger partial charge >= 0.3 is 5.97 Å². The van der Waals surface area contributed by atoms with Gasteiger partial charge in [-0.05, 0) is 40.2 Å². The number of ether oxygens (including phenoxy) is 3. The molecule has 1 rings (SSSR count). The third-order valence-corrected chi connectivity index (χ3v) is 3.35. The van der Waals surface area contributed by atoms with Crippen LogP contribution in [-0.2, 0) is 19.0 Å². The first-order chi connectivity index (χ1) is 8.62. The fraction of sp³-hybridized carbons (Fsp3) is 0.923. The summed E-state index contributed by atoms with van der Waals surface area (Å²) < 4.78 is 16.1. The number of carbonyl (C=O) groups excluding carboxylic acids is 1. The van der Waals surface area contributed by atoms with Gasteiger partial charge in [-0.3, -0.25) is 4.79 Å². The van der Waals surface area contributed by atoms with Gasteiger partial charge in [0.25, 0.3) is 0 Å². The minimum absolute atomic E-state index is 0.229. The molecule has 1 saturated heterocycles. The van der Waals surface area contributed by atoms with Crippen LogP contribution in [0.4, 0.5) is 0 Å². The largest absolute Gasteiger partial charge is 0.465 e. The van der Waals surface area contributed by atoms with Gasteiger partial charge in [0.05, 0.1) is 19.3 Å². The molecule has 1 fully saturated rings. The molecule has 0 aromatic carbocycles. The van der Waals surface area contributed by atoms with Gasteiger partial charge in [-0.2, -0.15) is 0 Å². The van der Waals surface area contributed by atoms with E-state index in [1.54, 1.807) is 7.05 Å². The molecule has 0 amide bonds. The molecule has 5 heteroatoms. The lowest BCUT2D eigenvalue weighted by Crippen LogP contribution is -2.49. The van der Waals surface area contributed by atoms with Crippen LogP contribution in [0.5, 0.6) is 0 Å². The van der Waals surface area contributed by atoms with Gasteiger partial charge in [-0.25, -0.2) is 0 Å². The lowest BCUT2D eigenvalue weighted by Gasteiger charge is -2.26. The number of rotatable bonds is 8. The molecule has 0 spiro atoms. The Balaban J connectivity index is 2.23. The lowest BCUT2D eigenvalue weighted by atomic mass is 9.99. The first-order valence-corrected chi connectivity index (χ1v) is 6.68. The summed E-state index contributed by atoms with van der Waals surface area (Å²) in [7, 11) is 1.76. The van der Waals surface area contributed by atoms with Crippen molar-refractivity contribution in [3.05, 3.63) is 0 Å². The van der Waals surface area contributed by atoms with Crippen LogP contribution in [0.1, 0.15) is 33.1 Å².